The predicted molar refractivity (Wildman–Crippen MR) is 54.1 cm³/mol. The zero-order valence-corrected chi connectivity index (χ0v) is 9.08. The number of amides is 2. The van der Waals surface area contributed by atoms with Gasteiger partial charge in [-0.1, -0.05) is 6.92 Å². The zero-order chi connectivity index (χ0) is 11.4. The van der Waals surface area contributed by atoms with Crippen LogP contribution in [-0.4, -0.2) is 41.6 Å². The minimum absolute atomic E-state index is 0.0725. The van der Waals surface area contributed by atoms with Gasteiger partial charge in [0.05, 0.1) is 12.6 Å². The third-order valence-electron chi connectivity index (χ3n) is 2.49. The van der Waals surface area contributed by atoms with Gasteiger partial charge in [-0.15, -0.1) is 0 Å². The highest BCUT2D eigenvalue weighted by atomic mass is 16.2. The number of piperazine rings is 1. The quantitative estimate of drug-likeness (QED) is 0.650. The number of carbonyl (C=O) groups is 3. The fourth-order valence-corrected chi connectivity index (χ4v) is 1.70. The molecule has 1 N–H and O–H groups in total. The van der Waals surface area contributed by atoms with Crippen molar-refractivity contribution in [2.45, 2.75) is 32.7 Å². The SMILES string of the molecule is CCC1C(=O)NC(=O)CN1CCC(C)=O. The summed E-state index contributed by atoms with van der Waals surface area (Å²) in [6.45, 7) is 4.08. The number of hydrogen-bond acceptors (Lipinski definition) is 4. The van der Waals surface area contributed by atoms with Crippen molar-refractivity contribution in [1.29, 1.82) is 0 Å². The summed E-state index contributed by atoms with van der Waals surface area (Å²) in [5.41, 5.74) is 0. The summed E-state index contributed by atoms with van der Waals surface area (Å²) in [5, 5.41) is 2.29. The van der Waals surface area contributed by atoms with Crippen LogP contribution >= 0.6 is 0 Å². The molecule has 1 unspecified atom stereocenters. The molecule has 0 aromatic carbocycles. The number of rotatable bonds is 4. The molecule has 0 aromatic rings. The van der Waals surface area contributed by atoms with E-state index in [1.54, 1.807) is 4.90 Å². The van der Waals surface area contributed by atoms with Crippen LogP contribution in [0.15, 0.2) is 0 Å². The van der Waals surface area contributed by atoms with E-state index >= 15 is 0 Å². The topological polar surface area (TPSA) is 66.5 Å². The van der Waals surface area contributed by atoms with Gasteiger partial charge in [0.1, 0.15) is 5.78 Å². The Morgan fingerprint density at radius 1 is 1.53 bits per heavy atom. The summed E-state index contributed by atoms with van der Waals surface area (Å²) in [4.78, 5) is 35.2. The van der Waals surface area contributed by atoms with E-state index in [0.29, 0.717) is 19.4 Å². The summed E-state index contributed by atoms with van der Waals surface area (Å²) >= 11 is 0. The number of imide groups is 1. The maximum atomic E-state index is 11.4. The van der Waals surface area contributed by atoms with Crippen molar-refractivity contribution < 1.29 is 14.4 Å². The van der Waals surface area contributed by atoms with Gasteiger partial charge < -0.3 is 0 Å². The van der Waals surface area contributed by atoms with E-state index < -0.39 is 0 Å². The van der Waals surface area contributed by atoms with Crippen LogP contribution in [0.5, 0.6) is 0 Å². The fourth-order valence-electron chi connectivity index (χ4n) is 1.70. The first-order chi connectivity index (χ1) is 7.04. The number of carbonyl (C=O) groups excluding carboxylic acids is 3. The Hall–Kier alpha value is -1.23. The molecule has 1 aliphatic rings. The number of Topliss-reactive ketones (excluding diaryl/α,β-unsaturated/α-hetero) is 1. The molecule has 0 saturated carbocycles. The van der Waals surface area contributed by atoms with E-state index in [1.165, 1.54) is 6.92 Å². The Balaban J connectivity index is 2.61. The van der Waals surface area contributed by atoms with E-state index in [1.807, 2.05) is 6.92 Å². The van der Waals surface area contributed by atoms with Gasteiger partial charge >= 0.3 is 0 Å². The largest absolute Gasteiger partial charge is 0.300 e. The lowest BCUT2D eigenvalue weighted by Crippen LogP contribution is -2.58. The molecule has 1 atom stereocenters. The Labute approximate surface area is 88.8 Å². The van der Waals surface area contributed by atoms with Crippen molar-refractivity contribution in [3.05, 3.63) is 0 Å². The molecule has 1 aliphatic heterocycles. The molecule has 5 heteroatoms. The molecule has 1 fully saturated rings. The summed E-state index contributed by atoms with van der Waals surface area (Å²) in [7, 11) is 0. The molecular formula is C10H16N2O3. The normalized spacial score (nSPS) is 22.7. The average molecular weight is 212 g/mol. The molecule has 0 spiro atoms. The van der Waals surface area contributed by atoms with Crippen molar-refractivity contribution in [2.24, 2.45) is 0 Å². The molecule has 0 bridgehead atoms. The molecule has 5 nitrogen and oxygen atoms in total. The van der Waals surface area contributed by atoms with Crippen LogP contribution in [0.4, 0.5) is 0 Å². The van der Waals surface area contributed by atoms with Gasteiger partial charge in [0.2, 0.25) is 11.8 Å². The molecule has 15 heavy (non-hydrogen) atoms. The molecule has 1 saturated heterocycles. The molecule has 84 valence electrons. The monoisotopic (exact) mass is 212 g/mol. The van der Waals surface area contributed by atoms with E-state index in [0.717, 1.165) is 0 Å². The molecule has 0 aromatic heterocycles. The van der Waals surface area contributed by atoms with Crippen molar-refractivity contribution in [2.75, 3.05) is 13.1 Å². The number of hydrogen-bond donors (Lipinski definition) is 1. The molecule has 0 aliphatic carbocycles. The Bertz CT molecular complexity index is 288. The van der Waals surface area contributed by atoms with E-state index in [-0.39, 0.29) is 30.2 Å². The van der Waals surface area contributed by atoms with Crippen LogP contribution in [-0.2, 0) is 14.4 Å². The highest BCUT2D eigenvalue weighted by molar-refractivity contribution is 6.01. The Kier molecular flexibility index (Phi) is 3.96. The van der Waals surface area contributed by atoms with E-state index in [4.69, 9.17) is 0 Å². The van der Waals surface area contributed by atoms with Crippen LogP contribution in [0.2, 0.25) is 0 Å². The van der Waals surface area contributed by atoms with Crippen LogP contribution in [0.25, 0.3) is 0 Å². The van der Waals surface area contributed by atoms with Crippen molar-refractivity contribution in [3.8, 4) is 0 Å². The smallest absolute Gasteiger partial charge is 0.243 e. The number of nitrogens with one attached hydrogen (secondary N) is 1. The first-order valence-corrected chi connectivity index (χ1v) is 5.11. The van der Waals surface area contributed by atoms with Crippen molar-refractivity contribution in [3.63, 3.8) is 0 Å². The standard InChI is InChI=1S/C10H16N2O3/c1-3-8-10(15)11-9(14)6-12(8)5-4-7(2)13/h8H,3-6H2,1-2H3,(H,11,14,15). The van der Waals surface area contributed by atoms with E-state index in [9.17, 15) is 14.4 Å². The van der Waals surface area contributed by atoms with Gasteiger partial charge in [-0.3, -0.25) is 24.6 Å². The minimum atomic E-state index is -0.284. The van der Waals surface area contributed by atoms with E-state index in [2.05, 4.69) is 5.32 Å². The highest BCUT2D eigenvalue weighted by Crippen LogP contribution is 2.09. The maximum absolute atomic E-state index is 11.4. The average Bonchev–Trinajstić information content (AvgIpc) is 2.13. The molecular weight excluding hydrogens is 196 g/mol. The zero-order valence-electron chi connectivity index (χ0n) is 9.08. The summed E-state index contributed by atoms with van der Waals surface area (Å²) < 4.78 is 0. The van der Waals surface area contributed by atoms with Crippen LogP contribution in [0.3, 0.4) is 0 Å². The van der Waals surface area contributed by atoms with Gasteiger partial charge in [-0.25, -0.2) is 0 Å². The molecule has 1 heterocycles. The van der Waals surface area contributed by atoms with Gasteiger partial charge in [0, 0.05) is 13.0 Å². The summed E-state index contributed by atoms with van der Waals surface area (Å²) in [6, 6.07) is -0.276. The van der Waals surface area contributed by atoms with Gasteiger partial charge in [-0.2, -0.15) is 0 Å². The molecule has 2 amide bonds. The second kappa shape index (κ2) is 5.02. The number of nitrogens with zero attached hydrogens (tertiary/aromatic N) is 1. The highest BCUT2D eigenvalue weighted by Gasteiger charge is 2.31. The van der Waals surface area contributed by atoms with Crippen LogP contribution < -0.4 is 5.32 Å². The second-order valence-electron chi connectivity index (χ2n) is 3.76. The molecule has 1 rings (SSSR count). The lowest BCUT2D eigenvalue weighted by Gasteiger charge is -2.32. The lowest BCUT2D eigenvalue weighted by molar-refractivity contribution is -0.140. The first-order valence-electron chi connectivity index (χ1n) is 5.11. The lowest BCUT2D eigenvalue weighted by atomic mass is 10.1. The van der Waals surface area contributed by atoms with Crippen LogP contribution in [0, 0.1) is 0 Å². The second-order valence-corrected chi connectivity index (χ2v) is 3.76. The first kappa shape index (κ1) is 11.8. The predicted octanol–water partition coefficient (Wildman–Crippen LogP) is -0.298. The summed E-state index contributed by atoms with van der Waals surface area (Å²) in [5.74, 6) is -0.464. The fraction of sp³-hybridized carbons (Fsp3) is 0.700. The van der Waals surface area contributed by atoms with Crippen molar-refractivity contribution >= 4 is 17.6 Å². The van der Waals surface area contributed by atoms with Gasteiger partial charge in [0.15, 0.2) is 0 Å². The summed E-state index contributed by atoms with van der Waals surface area (Å²) in [6.07, 6.45) is 1.04. The van der Waals surface area contributed by atoms with Crippen LogP contribution in [0.1, 0.15) is 26.7 Å². The minimum Gasteiger partial charge on any atom is -0.300 e. The maximum Gasteiger partial charge on any atom is 0.243 e. The Morgan fingerprint density at radius 3 is 2.73 bits per heavy atom. The molecule has 0 radical (unpaired) electrons. The third kappa shape index (κ3) is 3.13. The third-order valence-corrected chi connectivity index (χ3v) is 2.49. The van der Waals surface area contributed by atoms with Gasteiger partial charge in [0.25, 0.3) is 0 Å². The van der Waals surface area contributed by atoms with Crippen molar-refractivity contribution in [1.82, 2.24) is 10.2 Å². The number of ketones is 1. The Morgan fingerprint density at radius 2 is 2.20 bits per heavy atom. The van der Waals surface area contributed by atoms with Gasteiger partial charge in [-0.05, 0) is 13.3 Å².